The summed E-state index contributed by atoms with van der Waals surface area (Å²) in [7, 11) is 0. The molecule has 2 aliphatic rings. The minimum Gasteiger partial charge on any atom is -0.365 e. The maximum Gasteiger partial charge on any atom is 0.249 e. The first-order valence-corrected chi connectivity index (χ1v) is 7.96. The van der Waals surface area contributed by atoms with Crippen LogP contribution in [0, 0.1) is 0 Å². The molecule has 0 aromatic heterocycles. The summed E-state index contributed by atoms with van der Waals surface area (Å²) in [5.74, 6) is 0.0972. The zero-order valence-electron chi connectivity index (χ0n) is 12.5. The first-order valence-electron chi connectivity index (χ1n) is 7.96. The Balaban J connectivity index is 0.00000200. The van der Waals surface area contributed by atoms with E-state index in [1.165, 1.54) is 19.3 Å². The van der Waals surface area contributed by atoms with Crippen molar-refractivity contribution < 1.29 is 9.53 Å². The largest absolute Gasteiger partial charge is 0.365 e. The Labute approximate surface area is 128 Å². The lowest BCUT2D eigenvalue weighted by atomic mass is 9.97. The van der Waals surface area contributed by atoms with Crippen LogP contribution in [0.3, 0.4) is 0 Å². The van der Waals surface area contributed by atoms with E-state index in [-0.39, 0.29) is 24.4 Å². The fourth-order valence-electron chi connectivity index (χ4n) is 3.04. The van der Waals surface area contributed by atoms with E-state index in [9.17, 15) is 4.79 Å². The first-order chi connectivity index (χ1) is 9.29. The molecule has 1 aliphatic heterocycles. The molecule has 2 N–H and O–H groups in total. The number of nitrogens with one attached hydrogen (secondary N) is 2. The maximum atomic E-state index is 12.3. The predicted molar refractivity (Wildman–Crippen MR) is 83.3 cm³/mol. The third-order valence-electron chi connectivity index (χ3n) is 4.26. The summed E-state index contributed by atoms with van der Waals surface area (Å²) in [6, 6.07) is 0.331. The van der Waals surface area contributed by atoms with Gasteiger partial charge in [0.15, 0.2) is 0 Å². The molecule has 1 heterocycles. The van der Waals surface area contributed by atoms with Crippen LogP contribution >= 0.6 is 12.4 Å². The van der Waals surface area contributed by atoms with Crippen molar-refractivity contribution >= 4 is 18.3 Å². The minimum atomic E-state index is -0.252. The van der Waals surface area contributed by atoms with Crippen molar-refractivity contribution in [1.29, 1.82) is 0 Å². The van der Waals surface area contributed by atoms with E-state index in [1.807, 2.05) is 6.92 Å². The van der Waals surface area contributed by atoms with E-state index < -0.39 is 0 Å². The molecule has 0 radical (unpaired) electrons. The highest BCUT2D eigenvalue weighted by Crippen LogP contribution is 2.22. The van der Waals surface area contributed by atoms with Gasteiger partial charge in [-0.3, -0.25) is 4.79 Å². The summed E-state index contributed by atoms with van der Waals surface area (Å²) < 4.78 is 6.02. The number of amides is 1. The molecule has 1 saturated heterocycles. The average Bonchev–Trinajstić information content (AvgIpc) is 2.47. The van der Waals surface area contributed by atoms with E-state index >= 15 is 0 Å². The van der Waals surface area contributed by atoms with Gasteiger partial charge >= 0.3 is 0 Å². The number of carbonyl (C=O) groups excluding carboxylic acids is 1. The SMILES string of the molecule is CCC(OC1CCCCC1)C(=O)NC1CCNCC1.Cl. The fourth-order valence-corrected chi connectivity index (χ4v) is 3.04. The molecule has 2 fully saturated rings. The fraction of sp³-hybridized carbons (Fsp3) is 0.933. The standard InChI is InChI=1S/C15H28N2O2.ClH/c1-2-14(19-13-6-4-3-5-7-13)15(18)17-12-8-10-16-11-9-12;/h12-14,16H,2-11H2,1H3,(H,17,18);1H. The number of hydrogen-bond acceptors (Lipinski definition) is 3. The van der Waals surface area contributed by atoms with E-state index in [2.05, 4.69) is 10.6 Å². The van der Waals surface area contributed by atoms with Gasteiger partial charge in [-0.2, -0.15) is 0 Å². The van der Waals surface area contributed by atoms with Gasteiger partial charge in [-0.15, -0.1) is 12.4 Å². The summed E-state index contributed by atoms with van der Waals surface area (Å²) >= 11 is 0. The predicted octanol–water partition coefficient (Wildman–Crippen LogP) is 2.40. The summed E-state index contributed by atoms with van der Waals surface area (Å²) in [5.41, 5.74) is 0. The van der Waals surface area contributed by atoms with Crippen molar-refractivity contribution in [1.82, 2.24) is 10.6 Å². The molecule has 2 rings (SSSR count). The van der Waals surface area contributed by atoms with Crippen LogP contribution in [0.5, 0.6) is 0 Å². The average molecular weight is 305 g/mol. The van der Waals surface area contributed by atoms with E-state index in [0.717, 1.165) is 45.2 Å². The second-order valence-corrected chi connectivity index (χ2v) is 5.83. The van der Waals surface area contributed by atoms with Crippen molar-refractivity contribution in [3.8, 4) is 0 Å². The second kappa shape index (κ2) is 9.59. The summed E-state index contributed by atoms with van der Waals surface area (Å²) in [5, 5.41) is 6.47. The van der Waals surface area contributed by atoms with Crippen LogP contribution in [0.1, 0.15) is 58.3 Å². The molecule has 5 heteroatoms. The number of hydrogen-bond donors (Lipinski definition) is 2. The molecule has 1 unspecified atom stereocenters. The van der Waals surface area contributed by atoms with Gasteiger partial charge < -0.3 is 15.4 Å². The van der Waals surface area contributed by atoms with E-state index in [0.29, 0.717) is 12.1 Å². The van der Waals surface area contributed by atoms with Gasteiger partial charge in [0, 0.05) is 6.04 Å². The molecule has 0 spiro atoms. The lowest BCUT2D eigenvalue weighted by molar-refractivity contribution is -0.139. The molecular formula is C15H29ClN2O2. The second-order valence-electron chi connectivity index (χ2n) is 5.83. The molecule has 20 heavy (non-hydrogen) atoms. The highest BCUT2D eigenvalue weighted by Gasteiger charge is 2.25. The zero-order valence-corrected chi connectivity index (χ0v) is 13.3. The first kappa shape index (κ1) is 17.7. The van der Waals surface area contributed by atoms with Crippen molar-refractivity contribution in [2.75, 3.05) is 13.1 Å². The van der Waals surface area contributed by atoms with Gasteiger partial charge in [-0.25, -0.2) is 0 Å². The molecule has 1 saturated carbocycles. The third kappa shape index (κ3) is 5.58. The van der Waals surface area contributed by atoms with E-state index in [1.54, 1.807) is 0 Å². The number of halogens is 1. The Morgan fingerprint density at radius 1 is 1.20 bits per heavy atom. The molecule has 118 valence electrons. The minimum absolute atomic E-state index is 0. The van der Waals surface area contributed by atoms with Crippen molar-refractivity contribution in [2.24, 2.45) is 0 Å². The highest BCUT2D eigenvalue weighted by atomic mass is 35.5. The smallest absolute Gasteiger partial charge is 0.249 e. The molecular weight excluding hydrogens is 276 g/mol. The van der Waals surface area contributed by atoms with Crippen LogP contribution in [0.25, 0.3) is 0 Å². The third-order valence-corrected chi connectivity index (χ3v) is 4.26. The Hall–Kier alpha value is -0.320. The Morgan fingerprint density at radius 3 is 2.45 bits per heavy atom. The molecule has 1 atom stereocenters. The Kier molecular flexibility index (Phi) is 8.50. The number of ether oxygens (including phenoxy) is 1. The van der Waals surface area contributed by atoms with Crippen LogP contribution < -0.4 is 10.6 Å². The highest BCUT2D eigenvalue weighted by molar-refractivity contribution is 5.85. The van der Waals surface area contributed by atoms with E-state index in [4.69, 9.17) is 4.74 Å². The van der Waals surface area contributed by atoms with Crippen LogP contribution in [0.15, 0.2) is 0 Å². The summed E-state index contributed by atoms with van der Waals surface area (Å²) in [6.45, 7) is 4.05. The lowest BCUT2D eigenvalue weighted by Gasteiger charge is -2.29. The van der Waals surface area contributed by atoms with Crippen LogP contribution in [0.2, 0.25) is 0 Å². The number of piperidine rings is 1. The van der Waals surface area contributed by atoms with Crippen LogP contribution in [-0.2, 0) is 9.53 Å². The topological polar surface area (TPSA) is 50.4 Å². The molecule has 1 amide bonds. The van der Waals surface area contributed by atoms with Gasteiger partial charge in [0.2, 0.25) is 5.91 Å². The zero-order chi connectivity index (χ0) is 13.5. The maximum absolute atomic E-state index is 12.3. The van der Waals surface area contributed by atoms with Crippen LogP contribution in [-0.4, -0.2) is 37.2 Å². The van der Waals surface area contributed by atoms with Crippen molar-refractivity contribution in [3.05, 3.63) is 0 Å². The van der Waals surface area contributed by atoms with Gasteiger partial charge in [-0.05, 0) is 45.2 Å². The molecule has 0 aromatic carbocycles. The normalized spacial score (nSPS) is 22.9. The molecule has 0 aromatic rings. The van der Waals surface area contributed by atoms with Gasteiger partial charge in [0.25, 0.3) is 0 Å². The van der Waals surface area contributed by atoms with Gasteiger partial charge in [0.1, 0.15) is 6.10 Å². The van der Waals surface area contributed by atoms with Gasteiger partial charge in [0.05, 0.1) is 6.10 Å². The number of rotatable bonds is 5. The van der Waals surface area contributed by atoms with Crippen LogP contribution in [0.4, 0.5) is 0 Å². The summed E-state index contributed by atoms with van der Waals surface area (Å²) in [4.78, 5) is 12.3. The van der Waals surface area contributed by atoms with Gasteiger partial charge in [-0.1, -0.05) is 26.2 Å². The Morgan fingerprint density at radius 2 is 1.85 bits per heavy atom. The molecule has 1 aliphatic carbocycles. The number of carbonyl (C=O) groups is 1. The summed E-state index contributed by atoms with van der Waals surface area (Å²) in [6.07, 6.45) is 8.94. The molecule has 4 nitrogen and oxygen atoms in total. The Bertz CT molecular complexity index is 277. The van der Waals surface area contributed by atoms with Crippen molar-refractivity contribution in [3.63, 3.8) is 0 Å². The molecule has 0 bridgehead atoms. The monoisotopic (exact) mass is 304 g/mol. The van der Waals surface area contributed by atoms with Crippen molar-refractivity contribution in [2.45, 2.75) is 76.5 Å². The quantitative estimate of drug-likeness (QED) is 0.820. The lowest BCUT2D eigenvalue weighted by Crippen LogP contribution is -2.47.